The lowest BCUT2D eigenvalue weighted by Gasteiger charge is -2.14. The number of halogens is 3. The van der Waals surface area contributed by atoms with Crippen molar-refractivity contribution in [2.45, 2.75) is 26.2 Å². The van der Waals surface area contributed by atoms with E-state index in [0.29, 0.717) is 29.5 Å². The van der Waals surface area contributed by atoms with E-state index in [1.54, 1.807) is 36.4 Å². The van der Waals surface area contributed by atoms with Gasteiger partial charge in [0, 0.05) is 17.7 Å². The Bertz CT molecular complexity index is 1600. The van der Waals surface area contributed by atoms with Gasteiger partial charge in [0.05, 0.1) is 24.1 Å². The normalized spacial score (nSPS) is 12.0. The van der Waals surface area contributed by atoms with Gasteiger partial charge in [-0.2, -0.15) is 19.1 Å². The van der Waals surface area contributed by atoms with Gasteiger partial charge in [-0.05, 0) is 41.6 Å². The molecule has 0 aliphatic carbocycles. The zero-order valence-corrected chi connectivity index (χ0v) is 19.0. The first kappa shape index (κ1) is 23.7. The van der Waals surface area contributed by atoms with Crippen LogP contribution in [0.1, 0.15) is 12.5 Å². The number of nitriles is 1. The number of tetrazole rings is 1. The van der Waals surface area contributed by atoms with Gasteiger partial charge in [0.15, 0.2) is 5.65 Å². The van der Waals surface area contributed by atoms with Crippen molar-refractivity contribution in [2.24, 2.45) is 0 Å². The van der Waals surface area contributed by atoms with Gasteiger partial charge in [-0.3, -0.25) is 0 Å². The number of benzene rings is 1. The fraction of sp³-hybridized carbons (Fsp3) is 0.174. The molecule has 1 aromatic carbocycles. The Labute approximate surface area is 206 Å². The standard InChI is InChI=1S/C23H16F3N9O2/c1-13(11-34-12-29-32-33-34)36-22-4-2-3-17(30-22)18-5-6-21-28-10-19(35(21)31-18)15-7-14(24)8-20(16(15)9-27)37-23(25)26/h2-8,10,12-13,23H,11H2,1H3/t13-/m0/s1. The number of imidazole rings is 1. The maximum Gasteiger partial charge on any atom is 0.387 e. The molecule has 4 heterocycles. The predicted molar refractivity (Wildman–Crippen MR) is 121 cm³/mol. The highest BCUT2D eigenvalue weighted by atomic mass is 19.3. The van der Waals surface area contributed by atoms with Crippen molar-refractivity contribution >= 4 is 5.65 Å². The Hall–Kier alpha value is -5.06. The molecule has 1 atom stereocenters. The maximum atomic E-state index is 14.3. The first-order valence-electron chi connectivity index (χ1n) is 10.8. The quantitative estimate of drug-likeness (QED) is 0.310. The minimum absolute atomic E-state index is 0.00299. The van der Waals surface area contributed by atoms with Gasteiger partial charge in [-0.15, -0.1) is 5.10 Å². The third-order valence-electron chi connectivity index (χ3n) is 5.18. The Morgan fingerprint density at radius 2 is 1.97 bits per heavy atom. The van der Waals surface area contributed by atoms with Crippen molar-refractivity contribution in [1.82, 2.24) is 39.8 Å². The molecular weight excluding hydrogens is 491 g/mol. The van der Waals surface area contributed by atoms with Crippen LogP contribution < -0.4 is 9.47 Å². The van der Waals surface area contributed by atoms with E-state index in [4.69, 9.17) is 4.74 Å². The third kappa shape index (κ3) is 5.01. The molecule has 14 heteroatoms. The summed E-state index contributed by atoms with van der Waals surface area (Å²) < 4.78 is 53.1. The average molecular weight is 507 g/mol. The highest BCUT2D eigenvalue weighted by molar-refractivity contribution is 5.73. The first-order chi connectivity index (χ1) is 17.9. The number of alkyl halides is 2. The lowest BCUT2D eigenvalue weighted by molar-refractivity contribution is -0.0501. The van der Waals surface area contributed by atoms with Gasteiger partial charge in [-0.1, -0.05) is 6.07 Å². The molecule has 0 fully saturated rings. The van der Waals surface area contributed by atoms with Gasteiger partial charge < -0.3 is 9.47 Å². The van der Waals surface area contributed by atoms with Crippen LogP contribution in [0.4, 0.5) is 13.2 Å². The van der Waals surface area contributed by atoms with E-state index < -0.39 is 18.2 Å². The van der Waals surface area contributed by atoms with E-state index in [9.17, 15) is 18.4 Å². The molecule has 5 rings (SSSR count). The lowest BCUT2D eigenvalue weighted by atomic mass is 10.0. The van der Waals surface area contributed by atoms with Crippen LogP contribution in [0.15, 0.2) is 55.0 Å². The fourth-order valence-electron chi connectivity index (χ4n) is 3.68. The van der Waals surface area contributed by atoms with Crippen molar-refractivity contribution in [1.29, 1.82) is 5.26 Å². The van der Waals surface area contributed by atoms with Crippen LogP contribution in [-0.4, -0.2) is 52.5 Å². The van der Waals surface area contributed by atoms with Crippen molar-refractivity contribution in [3.05, 3.63) is 66.4 Å². The van der Waals surface area contributed by atoms with Gasteiger partial charge in [0.1, 0.15) is 41.3 Å². The number of hydrogen-bond donors (Lipinski definition) is 0. The summed E-state index contributed by atoms with van der Waals surface area (Å²) in [7, 11) is 0. The van der Waals surface area contributed by atoms with Crippen LogP contribution in [-0.2, 0) is 6.54 Å². The zero-order valence-electron chi connectivity index (χ0n) is 19.0. The summed E-state index contributed by atoms with van der Waals surface area (Å²) in [5, 5.41) is 25.1. The molecular formula is C23H16F3N9O2. The summed E-state index contributed by atoms with van der Waals surface area (Å²) >= 11 is 0. The molecule has 0 amide bonds. The molecule has 0 spiro atoms. The molecule has 0 saturated carbocycles. The van der Waals surface area contributed by atoms with Crippen LogP contribution in [0.2, 0.25) is 0 Å². The highest BCUT2D eigenvalue weighted by Crippen LogP contribution is 2.33. The van der Waals surface area contributed by atoms with E-state index in [1.165, 1.54) is 21.7 Å². The van der Waals surface area contributed by atoms with Crippen molar-refractivity contribution in [3.8, 4) is 40.3 Å². The largest absolute Gasteiger partial charge is 0.473 e. The van der Waals surface area contributed by atoms with E-state index >= 15 is 0 Å². The molecule has 0 aliphatic rings. The zero-order chi connectivity index (χ0) is 25.9. The molecule has 0 unspecified atom stereocenters. The van der Waals surface area contributed by atoms with E-state index in [-0.39, 0.29) is 22.9 Å². The summed E-state index contributed by atoms with van der Waals surface area (Å²) in [6.45, 7) is -0.978. The SMILES string of the molecule is C[C@@H](Cn1cnnn1)Oc1cccc(-c2ccc3ncc(-c4cc(F)cc(OC(F)F)c4C#N)n3n2)n1. The molecule has 0 aliphatic heterocycles. The number of pyridine rings is 1. The second-order valence-corrected chi connectivity index (χ2v) is 7.77. The Balaban J connectivity index is 1.50. The number of aromatic nitrogens is 8. The molecule has 4 aromatic heterocycles. The van der Waals surface area contributed by atoms with E-state index in [0.717, 1.165) is 12.1 Å². The third-order valence-corrected chi connectivity index (χ3v) is 5.18. The number of rotatable bonds is 8. The summed E-state index contributed by atoms with van der Waals surface area (Å²) in [4.78, 5) is 8.74. The number of ether oxygens (including phenoxy) is 2. The molecule has 0 bridgehead atoms. The van der Waals surface area contributed by atoms with Crippen LogP contribution >= 0.6 is 0 Å². The average Bonchev–Trinajstić information content (AvgIpc) is 3.53. The molecule has 0 N–H and O–H groups in total. The molecule has 5 aromatic rings. The number of hydrogen-bond acceptors (Lipinski definition) is 9. The lowest BCUT2D eigenvalue weighted by Crippen LogP contribution is -2.20. The van der Waals surface area contributed by atoms with Crippen molar-refractivity contribution < 1.29 is 22.6 Å². The summed E-state index contributed by atoms with van der Waals surface area (Å²) in [5.41, 5.74) is 1.19. The highest BCUT2D eigenvalue weighted by Gasteiger charge is 2.20. The first-order valence-corrected chi connectivity index (χ1v) is 10.8. The van der Waals surface area contributed by atoms with Gasteiger partial charge in [0.2, 0.25) is 5.88 Å². The van der Waals surface area contributed by atoms with Crippen LogP contribution in [0.3, 0.4) is 0 Å². The van der Waals surface area contributed by atoms with E-state index in [2.05, 4.69) is 35.3 Å². The molecule has 186 valence electrons. The topological polar surface area (TPSA) is 129 Å². The monoisotopic (exact) mass is 507 g/mol. The van der Waals surface area contributed by atoms with Crippen LogP contribution in [0.25, 0.3) is 28.3 Å². The maximum absolute atomic E-state index is 14.3. The minimum Gasteiger partial charge on any atom is -0.473 e. The van der Waals surface area contributed by atoms with Gasteiger partial charge in [0.25, 0.3) is 0 Å². The second-order valence-electron chi connectivity index (χ2n) is 7.77. The van der Waals surface area contributed by atoms with Gasteiger partial charge >= 0.3 is 6.61 Å². The molecule has 0 saturated heterocycles. The number of fused-ring (bicyclic) bond motifs is 1. The summed E-state index contributed by atoms with van der Waals surface area (Å²) in [6, 6.07) is 12.1. The predicted octanol–water partition coefficient (Wildman–Crippen LogP) is 3.52. The number of nitrogens with zero attached hydrogens (tertiary/aromatic N) is 9. The Kier molecular flexibility index (Phi) is 6.33. The van der Waals surface area contributed by atoms with Crippen molar-refractivity contribution in [3.63, 3.8) is 0 Å². The molecule has 37 heavy (non-hydrogen) atoms. The molecule has 11 nitrogen and oxygen atoms in total. The smallest absolute Gasteiger partial charge is 0.387 e. The van der Waals surface area contributed by atoms with Gasteiger partial charge in [-0.25, -0.2) is 23.6 Å². The Morgan fingerprint density at radius 3 is 2.73 bits per heavy atom. The molecule has 0 radical (unpaired) electrons. The Morgan fingerprint density at radius 1 is 1.11 bits per heavy atom. The summed E-state index contributed by atoms with van der Waals surface area (Å²) in [5.74, 6) is -1.10. The minimum atomic E-state index is -3.23. The second kappa shape index (κ2) is 9.90. The van der Waals surface area contributed by atoms with Crippen LogP contribution in [0, 0.1) is 17.1 Å². The van der Waals surface area contributed by atoms with E-state index in [1.807, 2.05) is 6.92 Å². The summed E-state index contributed by atoms with van der Waals surface area (Å²) in [6.07, 6.45) is 2.55. The fourth-order valence-corrected chi connectivity index (χ4v) is 3.68. The van der Waals surface area contributed by atoms with Crippen LogP contribution in [0.5, 0.6) is 11.6 Å². The van der Waals surface area contributed by atoms with Crippen molar-refractivity contribution in [2.75, 3.05) is 0 Å².